The molecule has 1 heterocycles. The van der Waals surface area contributed by atoms with E-state index in [4.69, 9.17) is 4.74 Å². The minimum atomic E-state index is 0.803. The van der Waals surface area contributed by atoms with Gasteiger partial charge in [0.2, 0.25) is 0 Å². The maximum absolute atomic E-state index is 5.73. The summed E-state index contributed by atoms with van der Waals surface area (Å²) in [5.74, 6) is 1.79. The molecule has 16 heavy (non-hydrogen) atoms. The molecule has 0 radical (unpaired) electrons. The molecule has 1 fully saturated rings. The summed E-state index contributed by atoms with van der Waals surface area (Å²) in [4.78, 5) is 0. The second-order valence-corrected chi connectivity index (χ2v) is 5.55. The van der Waals surface area contributed by atoms with Crippen LogP contribution in [0.3, 0.4) is 0 Å². The van der Waals surface area contributed by atoms with Crippen molar-refractivity contribution in [3.05, 3.63) is 27.8 Å². The molecule has 3 heteroatoms. The van der Waals surface area contributed by atoms with E-state index in [1.54, 1.807) is 0 Å². The van der Waals surface area contributed by atoms with Crippen LogP contribution in [0.15, 0.2) is 24.3 Å². The lowest BCUT2D eigenvalue weighted by molar-refractivity contribution is 0.254. The molecule has 0 aromatic heterocycles. The molecule has 2 nitrogen and oxygen atoms in total. The molecule has 1 aromatic rings. The minimum absolute atomic E-state index is 0.803. The highest BCUT2D eigenvalue weighted by Gasteiger charge is 2.12. The largest absolute Gasteiger partial charge is 0.494 e. The normalized spacial score (nSPS) is 20.7. The van der Waals surface area contributed by atoms with Gasteiger partial charge in [-0.1, -0.05) is 0 Å². The van der Waals surface area contributed by atoms with Gasteiger partial charge < -0.3 is 10.1 Å². The Balaban J connectivity index is 1.69. The van der Waals surface area contributed by atoms with E-state index in [9.17, 15) is 0 Å². The Kier molecular flexibility index (Phi) is 4.91. The van der Waals surface area contributed by atoms with Crippen molar-refractivity contribution in [1.82, 2.24) is 5.32 Å². The topological polar surface area (TPSA) is 21.3 Å². The Hall–Kier alpha value is -0.290. The zero-order valence-electron chi connectivity index (χ0n) is 9.42. The Morgan fingerprint density at radius 1 is 1.31 bits per heavy atom. The molecule has 88 valence electrons. The summed E-state index contributed by atoms with van der Waals surface area (Å²) in [7, 11) is 0. The molecule has 1 aliphatic heterocycles. The summed E-state index contributed by atoms with van der Waals surface area (Å²) in [5.41, 5.74) is 0. The molecule has 1 aromatic carbocycles. The Morgan fingerprint density at radius 2 is 2.12 bits per heavy atom. The lowest BCUT2D eigenvalue weighted by Gasteiger charge is -2.22. The predicted molar refractivity (Wildman–Crippen MR) is 74.9 cm³/mol. The summed E-state index contributed by atoms with van der Waals surface area (Å²) in [6.07, 6.45) is 3.83. The van der Waals surface area contributed by atoms with Crippen LogP contribution in [-0.2, 0) is 0 Å². The van der Waals surface area contributed by atoms with Gasteiger partial charge in [-0.15, -0.1) is 0 Å². The number of benzene rings is 1. The van der Waals surface area contributed by atoms with Gasteiger partial charge in [0.25, 0.3) is 0 Å². The Morgan fingerprint density at radius 3 is 2.81 bits per heavy atom. The highest BCUT2D eigenvalue weighted by molar-refractivity contribution is 14.1. The van der Waals surface area contributed by atoms with Gasteiger partial charge in [-0.3, -0.25) is 0 Å². The van der Waals surface area contributed by atoms with Gasteiger partial charge in [-0.25, -0.2) is 0 Å². The summed E-state index contributed by atoms with van der Waals surface area (Å²) in [6, 6.07) is 8.25. The van der Waals surface area contributed by atoms with E-state index in [1.807, 2.05) is 12.1 Å². The van der Waals surface area contributed by atoms with E-state index >= 15 is 0 Å². The number of hydrogen-bond donors (Lipinski definition) is 1. The lowest BCUT2D eigenvalue weighted by Crippen LogP contribution is -2.30. The first-order valence-electron chi connectivity index (χ1n) is 5.94. The van der Waals surface area contributed by atoms with Crippen LogP contribution in [0.2, 0.25) is 0 Å². The van der Waals surface area contributed by atoms with Gasteiger partial charge >= 0.3 is 0 Å². The lowest BCUT2D eigenvalue weighted by atomic mass is 9.97. The second kappa shape index (κ2) is 6.45. The quantitative estimate of drug-likeness (QED) is 0.857. The maximum atomic E-state index is 5.73. The van der Waals surface area contributed by atoms with Crippen LogP contribution >= 0.6 is 22.6 Å². The standard InChI is InChI=1S/C13H18INO/c14-12-3-5-13(6-4-12)16-9-7-11-2-1-8-15-10-11/h3-6,11,15H,1-2,7-10H2. The van der Waals surface area contributed by atoms with Gasteiger partial charge in [0.1, 0.15) is 5.75 Å². The zero-order chi connectivity index (χ0) is 11.2. The summed E-state index contributed by atoms with van der Waals surface area (Å²) < 4.78 is 6.98. The van der Waals surface area contributed by atoms with Crippen molar-refractivity contribution in [2.75, 3.05) is 19.7 Å². The summed E-state index contributed by atoms with van der Waals surface area (Å²) in [5, 5.41) is 3.43. The van der Waals surface area contributed by atoms with Crippen molar-refractivity contribution >= 4 is 22.6 Å². The van der Waals surface area contributed by atoms with E-state index < -0.39 is 0 Å². The predicted octanol–water partition coefficient (Wildman–Crippen LogP) is 3.06. The third-order valence-corrected chi connectivity index (χ3v) is 3.73. The maximum Gasteiger partial charge on any atom is 0.119 e. The number of piperidine rings is 1. The van der Waals surface area contributed by atoms with Crippen LogP contribution < -0.4 is 10.1 Å². The Bertz CT molecular complexity index is 306. The van der Waals surface area contributed by atoms with Crippen LogP contribution in [0.25, 0.3) is 0 Å². The molecule has 0 amide bonds. The number of ether oxygens (including phenoxy) is 1. The molecule has 1 saturated heterocycles. The first-order chi connectivity index (χ1) is 7.84. The van der Waals surface area contributed by atoms with Crippen LogP contribution in [-0.4, -0.2) is 19.7 Å². The second-order valence-electron chi connectivity index (χ2n) is 4.30. The fourth-order valence-electron chi connectivity index (χ4n) is 2.04. The van der Waals surface area contributed by atoms with Gasteiger partial charge in [0.15, 0.2) is 0 Å². The van der Waals surface area contributed by atoms with Crippen molar-refractivity contribution in [3.8, 4) is 5.75 Å². The van der Waals surface area contributed by atoms with Gasteiger partial charge in [0, 0.05) is 3.57 Å². The van der Waals surface area contributed by atoms with Crippen LogP contribution in [0.1, 0.15) is 19.3 Å². The van der Waals surface area contributed by atoms with Crippen molar-refractivity contribution < 1.29 is 4.74 Å². The van der Waals surface area contributed by atoms with E-state index in [2.05, 4.69) is 40.0 Å². The molecule has 2 rings (SSSR count). The third kappa shape index (κ3) is 3.94. The molecular weight excluding hydrogens is 313 g/mol. The molecular formula is C13H18INO. The Labute approximate surface area is 111 Å². The van der Waals surface area contributed by atoms with Crippen molar-refractivity contribution in [2.45, 2.75) is 19.3 Å². The van der Waals surface area contributed by atoms with Crippen LogP contribution in [0.5, 0.6) is 5.75 Å². The average molecular weight is 331 g/mol. The first-order valence-corrected chi connectivity index (χ1v) is 7.01. The van der Waals surface area contributed by atoms with Crippen LogP contribution in [0, 0.1) is 9.49 Å². The van der Waals surface area contributed by atoms with Crippen molar-refractivity contribution in [1.29, 1.82) is 0 Å². The van der Waals surface area contributed by atoms with Crippen molar-refractivity contribution in [3.63, 3.8) is 0 Å². The first kappa shape index (κ1) is 12.2. The van der Waals surface area contributed by atoms with Gasteiger partial charge in [-0.05, 0) is 85.1 Å². The number of halogens is 1. The molecule has 0 bridgehead atoms. The molecule has 1 N–H and O–H groups in total. The SMILES string of the molecule is Ic1ccc(OCCC2CCCNC2)cc1. The van der Waals surface area contributed by atoms with E-state index in [0.29, 0.717) is 0 Å². The minimum Gasteiger partial charge on any atom is -0.494 e. The van der Waals surface area contributed by atoms with E-state index in [-0.39, 0.29) is 0 Å². The average Bonchev–Trinajstić information content (AvgIpc) is 2.33. The van der Waals surface area contributed by atoms with Crippen molar-refractivity contribution in [2.24, 2.45) is 5.92 Å². The van der Waals surface area contributed by atoms with Gasteiger partial charge in [-0.2, -0.15) is 0 Å². The highest BCUT2D eigenvalue weighted by Crippen LogP contribution is 2.17. The zero-order valence-corrected chi connectivity index (χ0v) is 11.6. The molecule has 1 aliphatic rings. The molecule has 0 saturated carbocycles. The summed E-state index contributed by atoms with van der Waals surface area (Å²) >= 11 is 2.31. The number of hydrogen-bond acceptors (Lipinski definition) is 2. The van der Waals surface area contributed by atoms with Crippen LogP contribution in [0.4, 0.5) is 0 Å². The smallest absolute Gasteiger partial charge is 0.119 e. The monoisotopic (exact) mass is 331 g/mol. The number of rotatable bonds is 4. The fraction of sp³-hybridized carbons (Fsp3) is 0.538. The van der Waals surface area contributed by atoms with E-state index in [0.717, 1.165) is 24.8 Å². The number of nitrogens with one attached hydrogen (secondary N) is 1. The molecule has 0 spiro atoms. The molecule has 1 unspecified atom stereocenters. The van der Waals surface area contributed by atoms with E-state index in [1.165, 1.54) is 29.4 Å². The third-order valence-electron chi connectivity index (χ3n) is 3.01. The highest BCUT2D eigenvalue weighted by atomic mass is 127. The molecule has 1 atom stereocenters. The fourth-order valence-corrected chi connectivity index (χ4v) is 2.40. The summed E-state index contributed by atoms with van der Waals surface area (Å²) in [6.45, 7) is 3.19. The van der Waals surface area contributed by atoms with Gasteiger partial charge in [0.05, 0.1) is 6.61 Å². The molecule has 0 aliphatic carbocycles.